The molecule has 0 unspecified atom stereocenters. The van der Waals surface area contributed by atoms with Crippen LogP contribution in [0.2, 0.25) is 5.02 Å². The van der Waals surface area contributed by atoms with Gasteiger partial charge in [-0.2, -0.15) is 0 Å². The minimum Gasteiger partial charge on any atom is -0.379 e. The summed E-state index contributed by atoms with van der Waals surface area (Å²) in [6.07, 6.45) is 0. The summed E-state index contributed by atoms with van der Waals surface area (Å²) in [5.74, 6) is 1.79. The van der Waals surface area contributed by atoms with Crippen molar-refractivity contribution >= 4 is 23.4 Å². The van der Waals surface area contributed by atoms with E-state index < -0.39 is 0 Å². The Morgan fingerprint density at radius 2 is 1.70 bits per heavy atom. The fourth-order valence-electron chi connectivity index (χ4n) is 3.05. The summed E-state index contributed by atoms with van der Waals surface area (Å²) >= 11 is 7.78. The Bertz CT molecular complexity index is 863. The molecule has 3 aromatic rings. The Kier molecular flexibility index (Phi) is 6.09. The number of halogens is 1. The van der Waals surface area contributed by atoms with Crippen molar-refractivity contribution < 1.29 is 4.74 Å². The van der Waals surface area contributed by atoms with Gasteiger partial charge in [-0.05, 0) is 36.4 Å². The van der Waals surface area contributed by atoms with Crippen LogP contribution in [0.25, 0.3) is 17.1 Å². The van der Waals surface area contributed by atoms with E-state index in [0.717, 1.165) is 60.8 Å². The first-order valence-corrected chi connectivity index (χ1v) is 10.4. The number of para-hydroxylation sites is 1. The van der Waals surface area contributed by atoms with Crippen LogP contribution in [0, 0.1) is 0 Å². The van der Waals surface area contributed by atoms with Crippen LogP contribution in [-0.2, 0) is 4.74 Å². The maximum Gasteiger partial charge on any atom is 0.196 e. The Balaban J connectivity index is 1.58. The van der Waals surface area contributed by atoms with Crippen molar-refractivity contribution in [2.75, 3.05) is 38.6 Å². The topological polar surface area (TPSA) is 43.2 Å². The van der Waals surface area contributed by atoms with Gasteiger partial charge in [0.05, 0.1) is 13.2 Å². The zero-order chi connectivity index (χ0) is 18.5. The summed E-state index contributed by atoms with van der Waals surface area (Å²) in [6, 6.07) is 18.0. The Morgan fingerprint density at radius 3 is 2.44 bits per heavy atom. The maximum atomic E-state index is 6.04. The SMILES string of the molecule is Clc1ccc(-c2nnc(SCCN3CCOCC3)n2-c2ccccc2)cc1. The highest BCUT2D eigenvalue weighted by Crippen LogP contribution is 2.28. The lowest BCUT2D eigenvalue weighted by atomic mass is 10.2. The van der Waals surface area contributed by atoms with E-state index in [9.17, 15) is 0 Å². The molecule has 0 radical (unpaired) electrons. The van der Waals surface area contributed by atoms with E-state index in [1.807, 2.05) is 42.5 Å². The monoisotopic (exact) mass is 400 g/mol. The lowest BCUT2D eigenvalue weighted by molar-refractivity contribution is 0.0410. The van der Waals surface area contributed by atoms with Crippen molar-refractivity contribution in [2.45, 2.75) is 5.16 Å². The van der Waals surface area contributed by atoms with E-state index in [4.69, 9.17) is 16.3 Å². The standard InChI is InChI=1S/C20H21ClN4OS/c21-17-8-6-16(7-9-17)19-22-23-20(25(19)18-4-2-1-3-5-18)27-15-12-24-10-13-26-14-11-24/h1-9H,10-15H2. The van der Waals surface area contributed by atoms with Gasteiger partial charge in [-0.3, -0.25) is 9.47 Å². The second kappa shape index (κ2) is 8.89. The van der Waals surface area contributed by atoms with Gasteiger partial charge < -0.3 is 4.74 Å². The van der Waals surface area contributed by atoms with Crippen LogP contribution in [0.15, 0.2) is 59.8 Å². The number of hydrogen-bond acceptors (Lipinski definition) is 5. The van der Waals surface area contributed by atoms with Gasteiger partial charge in [0, 0.05) is 41.7 Å². The molecule has 0 spiro atoms. The molecule has 0 bridgehead atoms. The first kappa shape index (κ1) is 18.5. The fourth-order valence-corrected chi connectivity index (χ4v) is 4.13. The number of aromatic nitrogens is 3. The van der Waals surface area contributed by atoms with Crippen LogP contribution in [0.1, 0.15) is 0 Å². The second-order valence-corrected chi connectivity index (χ2v) is 7.79. The van der Waals surface area contributed by atoms with E-state index in [1.54, 1.807) is 11.8 Å². The van der Waals surface area contributed by atoms with Gasteiger partial charge in [0.25, 0.3) is 0 Å². The highest BCUT2D eigenvalue weighted by molar-refractivity contribution is 7.99. The first-order valence-electron chi connectivity index (χ1n) is 9.01. The molecule has 1 fully saturated rings. The maximum absolute atomic E-state index is 6.04. The zero-order valence-corrected chi connectivity index (χ0v) is 16.5. The molecule has 4 rings (SSSR count). The van der Waals surface area contributed by atoms with E-state index in [0.29, 0.717) is 5.02 Å². The summed E-state index contributed by atoms with van der Waals surface area (Å²) in [7, 11) is 0. The highest BCUT2D eigenvalue weighted by Gasteiger charge is 2.17. The van der Waals surface area contributed by atoms with E-state index in [2.05, 4.69) is 31.8 Å². The summed E-state index contributed by atoms with van der Waals surface area (Å²) in [4.78, 5) is 2.43. The molecule has 27 heavy (non-hydrogen) atoms. The number of rotatable bonds is 6. The van der Waals surface area contributed by atoms with Gasteiger partial charge in [0.1, 0.15) is 0 Å². The van der Waals surface area contributed by atoms with Crippen LogP contribution in [-0.4, -0.2) is 58.3 Å². The van der Waals surface area contributed by atoms with Crippen LogP contribution in [0.4, 0.5) is 0 Å². The van der Waals surface area contributed by atoms with Gasteiger partial charge in [-0.15, -0.1) is 10.2 Å². The highest BCUT2D eigenvalue weighted by atomic mass is 35.5. The predicted molar refractivity (Wildman–Crippen MR) is 110 cm³/mol. The molecule has 1 saturated heterocycles. The predicted octanol–water partition coefficient (Wildman–Crippen LogP) is 4.01. The minimum atomic E-state index is 0.713. The molecular weight excluding hydrogens is 380 g/mol. The van der Waals surface area contributed by atoms with Crippen LogP contribution in [0.3, 0.4) is 0 Å². The molecule has 5 nitrogen and oxygen atoms in total. The summed E-state index contributed by atoms with van der Waals surface area (Å²) in [5.41, 5.74) is 2.05. The van der Waals surface area contributed by atoms with E-state index in [-0.39, 0.29) is 0 Å². The average Bonchev–Trinajstić information content (AvgIpc) is 3.14. The van der Waals surface area contributed by atoms with Crippen molar-refractivity contribution in [3.05, 3.63) is 59.6 Å². The minimum absolute atomic E-state index is 0.713. The Morgan fingerprint density at radius 1 is 0.963 bits per heavy atom. The molecular formula is C20H21ClN4OS. The first-order chi connectivity index (χ1) is 13.3. The Hall–Kier alpha value is -1.86. The lowest BCUT2D eigenvalue weighted by Crippen LogP contribution is -2.37. The molecule has 7 heteroatoms. The van der Waals surface area contributed by atoms with Crippen LogP contribution in [0.5, 0.6) is 0 Å². The quantitative estimate of drug-likeness (QED) is 0.585. The summed E-state index contributed by atoms with van der Waals surface area (Å²) in [5, 5.41) is 10.6. The second-order valence-electron chi connectivity index (χ2n) is 6.29. The van der Waals surface area contributed by atoms with Crippen molar-refractivity contribution in [1.29, 1.82) is 0 Å². The van der Waals surface area contributed by atoms with E-state index >= 15 is 0 Å². The molecule has 0 saturated carbocycles. The largest absolute Gasteiger partial charge is 0.379 e. The van der Waals surface area contributed by atoms with Gasteiger partial charge in [0.15, 0.2) is 11.0 Å². The Labute approximate surface area is 168 Å². The van der Waals surface area contributed by atoms with Crippen molar-refractivity contribution in [3.63, 3.8) is 0 Å². The van der Waals surface area contributed by atoms with Crippen molar-refractivity contribution in [3.8, 4) is 17.1 Å². The summed E-state index contributed by atoms with van der Waals surface area (Å²) < 4.78 is 7.54. The number of morpholine rings is 1. The third-order valence-electron chi connectivity index (χ3n) is 4.49. The molecule has 140 valence electrons. The van der Waals surface area contributed by atoms with Crippen molar-refractivity contribution in [1.82, 2.24) is 19.7 Å². The molecule has 2 heterocycles. The molecule has 1 aliphatic rings. The lowest BCUT2D eigenvalue weighted by Gasteiger charge is -2.26. The van der Waals surface area contributed by atoms with Gasteiger partial charge in [-0.1, -0.05) is 41.6 Å². The molecule has 1 aromatic heterocycles. The fraction of sp³-hybridized carbons (Fsp3) is 0.300. The van der Waals surface area contributed by atoms with Crippen LogP contribution < -0.4 is 0 Å². The molecule has 1 aliphatic heterocycles. The van der Waals surface area contributed by atoms with Crippen LogP contribution >= 0.6 is 23.4 Å². The third-order valence-corrected chi connectivity index (χ3v) is 5.65. The van der Waals surface area contributed by atoms with Gasteiger partial charge in [-0.25, -0.2) is 0 Å². The third kappa shape index (κ3) is 4.52. The van der Waals surface area contributed by atoms with Gasteiger partial charge in [0.2, 0.25) is 0 Å². The van der Waals surface area contributed by atoms with Crippen molar-refractivity contribution in [2.24, 2.45) is 0 Å². The number of ether oxygens (including phenoxy) is 1. The molecule has 0 N–H and O–H groups in total. The number of nitrogens with zero attached hydrogens (tertiary/aromatic N) is 4. The number of thioether (sulfide) groups is 1. The molecule has 2 aromatic carbocycles. The zero-order valence-electron chi connectivity index (χ0n) is 14.9. The summed E-state index contributed by atoms with van der Waals surface area (Å²) in [6.45, 7) is 4.67. The molecule has 0 atom stereocenters. The molecule has 0 amide bonds. The van der Waals surface area contributed by atoms with E-state index in [1.165, 1.54) is 0 Å². The smallest absolute Gasteiger partial charge is 0.196 e. The molecule has 0 aliphatic carbocycles. The average molecular weight is 401 g/mol. The normalized spacial score (nSPS) is 15.1. The van der Waals surface area contributed by atoms with Gasteiger partial charge >= 0.3 is 0 Å². The number of hydrogen-bond donors (Lipinski definition) is 0. The number of benzene rings is 2.